The normalized spacial score (nSPS) is 12.7. The maximum atomic E-state index is 12.4. The molecule has 0 aromatic carbocycles. The van der Waals surface area contributed by atoms with Gasteiger partial charge in [0.2, 0.25) is 5.91 Å². The van der Waals surface area contributed by atoms with Crippen molar-refractivity contribution in [3.63, 3.8) is 0 Å². The zero-order valence-corrected chi connectivity index (χ0v) is 38.0. The van der Waals surface area contributed by atoms with Gasteiger partial charge in [0, 0.05) is 6.42 Å². The minimum atomic E-state index is -0.653. The third kappa shape index (κ3) is 44.3. The SMILES string of the molecule is CCCCCCCCCCCCCCCCCCCCCCCCCCCCCCCCCCC(O)C(CO)NC(=O)CCCCCCCCCCCCC. The van der Waals surface area contributed by atoms with Crippen LogP contribution in [0.5, 0.6) is 0 Å². The minimum absolute atomic E-state index is 0.0277. The number of carbonyl (C=O) groups is 1. The van der Waals surface area contributed by atoms with Crippen LogP contribution in [0.3, 0.4) is 0 Å². The fourth-order valence-corrected chi connectivity index (χ4v) is 8.42. The molecule has 0 spiro atoms. The molecule has 4 heteroatoms. The monoisotopic (exact) mass is 778 g/mol. The maximum absolute atomic E-state index is 12.4. The molecule has 0 heterocycles. The molecule has 0 radical (unpaired) electrons. The predicted octanol–water partition coefficient (Wildman–Crippen LogP) is 16.4. The van der Waals surface area contributed by atoms with E-state index in [-0.39, 0.29) is 12.5 Å². The number of aliphatic hydroxyl groups excluding tert-OH is 2. The quantitative estimate of drug-likeness (QED) is 0.0539. The molecule has 0 aliphatic rings. The van der Waals surface area contributed by atoms with Gasteiger partial charge in [-0.1, -0.05) is 284 Å². The molecule has 0 aliphatic heterocycles. The van der Waals surface area contributed by atoms with Crippen molar-refractivity contribution in [2.75, 3.05) is 6.61 Å². The summed E-state index contributed by atoms with van der Waals surface area (Å²) < 4.78 is 0. The lowest BCUT2D eigenvalue weighted by atomic mass is 10.0. The summed E-state index contributed by atoms with van der Waals surface area (Å²) >= 11 is 0. The highest BCUT2D eigenvalue weighted by Crippen LogP contribution is 2.18. The van der Waals surface area contributed by atoms with E-state index in [0.717, 1.165) is 25.7 Å². The van der Waals surface area contributed by atoms with E-state index in [0.29, 0.717) is 12.8 Å². The van der Waals surface area contributed by atoms with Crippen molar-refractivity contribution >= 4 is 5.91 Å². The van der Waals surface area contributed by atoms with Crippen molar-refractivity contribution in [3.05, 3.63) is 0 Å². The molecular formula is C51H103NO3. The van der Waals surface area contributed by atoms with Gasteiger partial charge in [0.25, 0.3) is 0 Å². The summed E-state index contributed by atoms with van der Waals surface area (Å²) in [5, 5.41) is 23.2. The van der Waals surface area contributed by atoms with E-state index in [9.17, 15) is 15.0 Å². The van der Waals surface area contributed by atoms with E-state index in [2.05, 4.69) is 19.2 Å². The molecule has 0 bridgehead atoms. The molecule has 0 aromatic heterocycles. The Hall–Kier alpha value is -0.610. The maximum Gasteiger partial charge on any atom is 0.220 e. The molecule has 0 aromatic rings. The second kappa shape index (κ2) is 47.8. The summed E-state index contributed by atoms with van der Waals surface area (Å²) in [7, 11) is 0. The van der Waals surface area contributed by atoms with Crippen LogP contribution in [0.2, 0.25) is 0 Å². The Labute approximate surface area is 346 Å². The summed E-state index contributed by atoms with van der Waals surface area (Å²) in [6.45, 7) is 4.38. The van der Waals surface area contributed by atoms with Gasteiger partial charge in [0.1, 0.15) is 0 Å². The first-order valence-corrected chi connectivity index (χ1v) is 25.7. The lowest BCUT2D eigenvalue weighted by Crippen LogP contribution is -2.45. The van der Waals surface area contributed by atoms with Gasteiger partial charge in [-0.2, -0.15) is 0 Å². The Kier molecular flexibility index (Phi) is 47.2. The van der Waals surface area contributed by atoms with Crippen LogP contribution < -0.4 is 5.32 Å². The van der Waals surface area contributed by atoms with Crippen LogP contribution >= 0.6 is 0 Å². The van der Waals surface area contributed by atoms with E-state index in [4.69, 9.17) is 0 Å². The van der Waals surface area contributed by atoms with Gasteiger partial charge in [0.05, 0.1) is 18.8 Å². The van der Waals surface area contributed by atoms with Gasteiger partial charge in [-0.25, -0.2) is 0 Å². The molecular weight excluding hydrogens is 675 g/mol. The summed E-state index contributed by atoms with van der Waals surface area (Å²) in [5.41, 5.74) is 0. The number of carbonyl (C=O) groups excluding carboxylic acids is 1. The Morgan fingerprint density at radius 3 is 0.818 bits per heavy atom. The summed E-state index contributed by atoms with van der Waals surface area (Å²) in [6.07, 6.45) is 59.5. The molecule has 0 saturated carbocycles. The molecule has 55 heavy (non-hydrogen) atoms. The van der Waals surface area contributed by atoms with Crippen molar-refractivity contribution in [2.45, 2.75) is 315 Å². The third-order valence-corrected chi connectivity index (χ3v) is 12.4. The zero-order valence-electron chi connectivity index (χ0n) is 38.0. The summed E-state index contributed by atoms with van der Waals surface area (Å²) in [6, 6.07) is -0.529. The van der Waals surface area contributed by atoms with Gasteiger partial charge < -0.3 is 15.5 Å². The second-order valence-electron chi connectivity index (χ2n) is 18.0. The summed E-state index contributed by atoms with van der Waals surface area (Å²) in [5.74, 6) is -0.0277. The molecule has 0 fully saturated rings. The third-order valence-electron chi connectivity index (χ3n) is 12.4. The fraction of sp³-hybridized carbons (Fsp3) is 0.980. The standard InChI is InChI=1S/C51H103NO3/c1-3-5-7-9-11-13-15-16-17-18-19-20-21-22-23-24-25-26-27-28-29-30-31-32-33-34-35-37-38-40-42-44-46-50(54)49(48-53)52-51(55)47-45-43-41-39-36-14-12-10-8-6-4-2/h49-50,53-54H,3-48H2,1-2H3,(H,52,55). The van der Waals surface area contributed by atoms with Gasteiger partial charge in [-0.05, 0) is 12.8 Å². The number of hydrogen-bond acceptors (Lipinski definition) is 3. The molecule has 3 N–H and O–H groups in total. The number of aliphatic hydroxyl groups is 2. The van der Waals surface area contributed by atoms with Crippen LogP contribution in [-0.2, 0) is 4.79 Å². The molecule has 0 saturated heterocycles. The Morgan fingerprint density at radius 1 is 0.364 bits per heavy atom. The first-order chi connectivity index (χ1) is 27.2. The highest BCUT2D eigenvalue weighted by molar-refractivity contribution is 5.76. The van der Waals surface area contributed by atoms with Crippen molar-refractivity contribution in [1.29, 1.82) is 0 Å². The Balaban J connectivity index is 3.34. The van der Waals surface area contributed by atoms with E-state index < -0.39 is 12.1 Å². The molecule has 330 valence electrons. The van der Waals surface area contributed by atoms with Crippen LogP contribution in [0.25, 0.3) is 0 Å². The minimum Gasteiger partial charge on any atom is -0.394 e. The number of hydrogen-bond donors (Lipinski definition) is 3. The first-order valence-electron chi connectivity index (χ1n) is 25.7. The zero-order chi connectivity index (χ0) is 40.0. The van der Waals surface area contributed by atoms with Crippen LogP contribution in [0.15, 0.2) is 0 Å². The highest BCUT2D eigenvalue weighted by atomic mass is 16.3. The van der Waals surface area contributed by atoms with E-state index in [1.807, 2.05) is 0 Å². The molecule has 2 unspecified atom stereocenters. The average molecular weight is 778 g/mol. The number of amides is 1. The van der Waals surface area contributed by atoms with Crippen LogP contribution in [-0.4, -0.2) is 34.9 Å². The molecule has 0 rings (SSSR count). The van der Waals surface area contributed by atoms with E-state index >= 15 is 0 Å². The van der Waals surface area contributed by atoms with Crippen LogP contribution in [0.1, 0.15) is 303 Å². The molecule has 1 amide bonds. The number of rotatable bonds is 48. The average Bonchev–Trinajstić information content (AvgIpc) is 3.19. The van der Waals surface area contributed by atoms with Crippen LogP contribution in [0, 0.1) is 0 Å². The van der Waals surface area contributed by atoms with Gasteiger partial charge in [-0.3, -0.25) is 4.79 Å². The number of nitrogens with one attached hydrogen (secondary N) is 1. The lowest BCUT2D eigenvalue weighted by Gasteiger charge is -2.22. The summed E-state index contributed by atoms with van der Waals surface area (Å²) in [4.78, 5) is 12.4. The van der Waals surface area contributed by atoms with Crippen molar-refractivity contribution in [3.8, 4) is 0 Å². The van der Waals surface area contributed by atoms with E-state index in [1.165, 1.54) is 250 Å². The second-order valence-corrected chi connectivity index (χ2v) is 18.0. The molecule has 0 aliphatic carbocycles. The van der Waals surface area contributed by atoms with E-state index in [1.54, 1.807) is 0 Å². The molecule has 2 atom stereocenters. The lowest BCUT2D eigenvalue weighted by molar-refractivity contribution is -0.123. The Morgan fingerprint density at radius 2 is 0.582 bits per heavy atom. The highest BCUT2D eigenvalue weighted by Gasteiger charge is 2.20. The van der Waals surface area contributed by atoms with Gasteiger partial charge in [-0.15, -0.1) is 0 Å². The predicted molar refractivity (Wildman–Crippen MR) is 244 cm³/mol. The van der Waals surface area contributed by atoms with Crippen molar-refractivity contribution in [2.24, 2.45) is 0 Å². The van der Waals surface area contributed by atoms with Gasteiger partial charge in [0.15, 0.2) is 0 Å². The number of unbranched alkanes of at least 4 members (excludes halogenated alkanes) is 41. The first kappa shape index (κ1) is 54.4. The fourth-order valence-electron chi connectivity index (χ4n) is 8.42. The molecule has 4 nitrogen and oxygen atoms in total. The van der Waals surface area contributed by atoms with Crippen molar-refractivity contribution < 1.29 is 15.0 Å². The smallest absolute Gasteiger partial charge is 0.220 e. The van der Waals surface area contributed by atoms with Crippen molar-refractivity contribution in [1.82, 2.24) is 5.32 Å². The van der Waals surface area contributed by atoms with Crippen LogP contribution in [0.4, 0.5) is 0 Å². The topological polar surface area (TPSA) is 69.6 Å². The van der Waals surface area contributed by atoms with Gasteiger partial charge >= 0.3 is 0 Å². The largest absolute Gasteiger partial charge is 0.394 e. The Bertz CT molecular complexity index is 714.